The maximum absolute atomic E-state index is 12.6. The quantitative estimate of drug-likeness (QED) is 0.602. The van der Waals surface area contributed by atoms with Gasteiger partial charge in [-0.15, -0.1) is 0 Å². The highest BCUT2D eigenvalue weighted by Gasteiger charge is 2.23. The third-order valence-electron chi connectivity index (χ3n) is 3.38. The molecule has 0 unspecified atom stereocenters. The van der Waals surface area contributed by atoms with E-state index in [0.717, 1.165) is 6.07 Å². The number of benzene rings is 2. The van der Waals surface area contributed by atoms with Gasteiger partial charge in [-0.2, -0.15) is 0 Å². The highest BCUT2D eigenvalue weighted by molar-refractivity contribution is 7.92. The number of ether oxygens (including phenoxy) is 2. The van der Waals surface area contributed by atoms with Gasteiger partial charge in [-0.3, -0.25) is 14.8 Å². The van der Waals surface area contributed by atoms with Gasteiger partial charge in [0.25, 0.3) is 10.0 Å². The van der Waals surface area contributed by atoms with Gasteiger partial charge in [-0.05, 0) is 30.7 Å². The van der Waals surface area contributed by atoms with Crippen molar-refractivity contribution in [3.05, 3.63) is 51.0 Å². The molecule has 2 aromatic rings. The molecular formula is C15H15ClN2O6S. The van der Waals surface area contributed by atoms with E-state index >= 15 is 0 Å². The minimum atomic E-state index is -4.09. The van der Waals surface area contributed by atoms with Crippen LogP contribution in [0.5, 0.6) is 11.5 Å². The summed E-state index contributed by atoms with van der Waals surface area (Å²) in [5, 5.41) is 11.5. The first-order valence-corrected chi connectivity index (χ1v) is 8.75. The third kappa shape index (κ3) is 3.94. The lowest BCUT2D eigenvalue weighted by atomic mass is 10.2. The van der Waals surface area contributed by atoms with Crippen molar-refractivity contribution in [2.75, 3.05) is 18.9 Å². The van der Waals surface area contributed by atoms with Gasteiger partial charge in [-0.25, -0.2) is 8.42 Å². The Hall–Kier alpha value is -2.52. The third-order valence-corrected chi connectivity index (χ3v) is 5.15. The molecular weight excluding hydrogens is 372 g/mol. The molecule has 0 saturated heterocycles. The minimum absolute atomic E-state index is 0.0381. The van der Waals surface area contributed by atoms with Crippen molar-refractivity contribution in [2.24, 2.45) is 0 Å². The number of aryl methyl sites for hydroxylation is 1. The number of hydrogen-bond donors (Lipinski definition) is 1. The van der Waals surface area contributed by atoms with Gasteiger partial charge in [0, 0.05) is 17.2 Å². The van der Waals surface area contributed by atoms with Gasteiger partial charge in [0.15, 0.2) is 5.75 Å². The number of nitro groups is 1. The predicted molar refractivity (Wildman–Crippen MR) is 93.2 cm³/mol. The number of anilines is 1. The number of methoxy groups -OCH3 is 2. The monoisotopic (exact) mass is 386 g/mol. The van der Waals surface area contributed by atoms with Crippen LogP contribution in [0.4, 0.5) is 11.4 Å². The number of nitro benzene ring substituents is 1. The first kappa shape index (κ1) is 18.8. The van der Waals surface area contributed by atoms with Crippen molar-refractivity contribution >= 4 is 33.0 Å². The Bertz CT molecular complexity index is 930. The van der Waals surface area contributed by atoms with Crippen molar-refractivity contribution in [2.45, 2.75) is 11.8 Å². The molecule has 8 nitrogen and oxygen atoms in total. The summed E-state index contributed by atoms with van der Waals surface area (Å²) in [5.74, 6) is 0.186. The number of rotatable bonds is 6. The van der Waals surface area contributed by atoms with E-state index in [1.54, 1.807) is 6.92 Å². The summed E-state index contributed by atoms with van der Waals surface area (Å²) in [6.07, 6.45) is 0. The predicted octanol–water partition coefficient (Wildman–Crippen LogP) is 3.37. The molecule has 0 radical (unpaired) electrons. The normalized spacial score (nSPS) is 11.0. The average Bonchev–Trinajstić information content (AvgIpc) is 2.56. The summed E-state index contributed by atoms with van der Waals surface area (Å²) in [6, 6.07) is 6.35. The summed E-state index contributed by atoms with van der Waals surface area (Å²) < 4.78 is 37.5. The van der Waals surface area contributed by atoms with E-state index in [0.29, 0.717) is 10.6 Å². The molecule has 0 aromatic heterocycles. The maximum Gasteiger partial charge on any atom is 0.312 e. The zero-order valence-corrected chi connectivity index (χ0v) is 15.1. The molecule has 2 aromatic carbocycles. The van der Waals surface area contributed by atoms with Crippen molar-refractivity contribution < 1.29 is 22.8 Å². The molecule has 0 saturated carbocycles. The molecule has 134 valence electrons. The highest BCUT2D eigenvalue weighted by atomic mass is 35.5. The molecule has 10 heteroatoms. The van der Waals surface area contributed by atoms with Crippen LogP contribution >= 0.6 is 11.6 Å². The van der Waals surface area contributed by atoms with E-state index in [9.17, 15) is 18.5 Å². The van der Waals surface area contributed by atoms with Crippen LogP contribution in [-0.4, -0.2) is 27.6 Å². The molecule has 25 heavy (non-hydrogen) atoms. The zero-order chi connectivity index (χ0) is 18.8. The summed E-state index contributed by atoms with van der Waals surface area (Å²) >= 11 is 6.00. The summed E-state index contributed by atoms with van der Waals surface area (Å²) in [7, 11) is -1.46. The standard InChI is InChI=1S/C15H15ClN2O6S/c1-9-6-12(15(24-3)8-11(9)16)17-25(21,22)10-4-5-14(23-2)13(7-10)18(19)20/h4-8,17H,1-3H3. The van der Waals surface area contributed by atoms with Crippen LogP contribution < -0.4 is 14.2 Å². The second-order valence-electron chi connectivity index (χ2n) is 5.00. The van der Waals surface area contributed by atoms with E-state index in [1.807, 2.05) is 0 Å². The maximum atomic E-state index is 12.6. The molecule has 0 aliphatic heterocycles. The van der Waals surface area contributed by atoms with Crippen molar-refractivity contribution in [1.29, 1.82) is 0 Å². The first-order chi connectivity index (χ1) is 11.7. The summed E-state index contributed by atoms with van der Waals surface area (Å²) in [4.78, 5) is 10.1. The molecule has 0 fully saturated rings. The Balaban J connectivity index is 2.49. The lowest BCUT2D eigenvalue weighted by molar-refractivity contribution is -0.386. The fourth-order valence-electron chi connectivity index (χ4n) is 2.10. The van der Waals surface area contributed by atoms with E-state index in [1.165, 1.54) is 38.5 Å². The summed E-state index contributed by atoms with van der Waals surface area (Å²) in [6.45, 7) is 1.71. The van der Waals surface area contributed by atoms with Gasteiger partial charge in [0.2, 0.25) is 0 Å². The van der Waals surface area contributed by atoms with Gasteiger partial charge in [-0.1, -0.05) is 11.6 Å². The molecule has 1 N–H and O–H groups in total. The smallest absolute Gasteiger partial charge is 0.312 e. The number of hydrogen-bond acceptors (Lipinski definition) is 6. The average molecular weight is 387 g/mol. The number of nitrogens with zero attached hydrogens (tertiary/aromatic N) is 1. The van der Waals surface area contributed by atoms with Crippen LogP contribution in [0.25, 0.3) is 0 Å². The van der Waals surface area contributed by atoms with Crippen LogP contribution in [-0.2, 0) is 10.0 Å². The Morgan fingerprint density at radius 2 is 1.76 bits per heavy atom. The number of sulfonamides is 1. The van der Waals surface area contributed by atoms with Gasteiger partial charge in [0.05, 0.1) is 29.7 Å². The van der Waals surface area contributed by atoms with Gasteiger partial charge < -0.3 is 9.47 Å². The first-order valence-electron chi connectivity index (χ1n) is 6.89. The van der Waals surface area contributed by atoms with Crippen molar-refractivity contribution in [3.63, 3.8) is 0 Å². The molecule has 2 rings (SSSR count). The molecule has 0 aliphatic carbocycles. The van der Waals surface area contributed by atoms with E-state index in [-0.39, 0.29) is 22.1 Å². The molecule has 0 heterocycles. The van der Waals surface area contributed by atoms with Crippen LogP contribution in [0, 0.1) is 17.0 Å². The largest absolute Gasteiger partial charge is 0.495 e. The fraction of sp³-hybridized carbons (Fsp3) is 0.200. The Morgan fingerprint density at radius 1 is 1.12 bits per heavy atom. The number of halogens is 1. The molecule has 0 spiro atoms. The topological polar surface area (TPSA) is 108 Å². The lowest BCUT2D eigenvalue weighted by Crippen LogP contribution is -2.14. The van der Waals surface area contributed by atoms with Crippen molar-refractivity contribution in [3.8, 4) is 11.5 Å². The minimum Gasteiger partial charge on any atom is -0.495 e. The highest BCUT2D eigenvalue weighted by Crippen LogP contribution is 2.34. The van der Waals surface area contributed by atoms with E-state index in [2.05, 4.69) is 4.72 Å². The Labute approximate surface area is 149 Å². The van der Waals surface area contributed by atoms with Gasteiger partial charge in [0.1, 0.15) is 5.75 Å². The molecule has 0 bridgehead atoms. The zero-order valence-electron chi connectivity index (χ0n) is 13.6. The fourth-order valence-corrected chi connectivity index (χ4v) is 3.33. The van der Waals surface area contributed by atoms with Crippen LogP contribution in [0.2, 0.25) is 5.02 Å². The Morgan fingerprint density at radius 3 is 2.32 bits per heavy atom. The Kier molecular flexibility index (Phi) is 5.39. The van der Waals surface area contributed by atoms with Crippen molar-refractivity contribution in [1.82, 2.24) is 0 Å². The van der Waals surface area contributed by atoms with Gasteiger partial charge >= 0.3 is 5.69 Å². The molecule has 0 amide bonds. The second kappa shape index (κ2) is 7.16. The molecule has 0 atom stereocenters. The second-order valence-corrected chi connectivity index (χ2v) is 7.09. The lowest BCUT2D eigenvalue weighted by Gasteiger charge is -2.14. The molecule has 0 aliphatic rings. The van der Waals surface area contributed by atoms with E-state index < -0.39 is 20.6 Å². The van der Waals surface area contributed by atoms with Crippen LogP contribution in [0.1, 0.15) is 5.56 Å². The summed E-state index contributed by atoms with van der Waals surface area (Å²) in [5.41, 5.74) is 0.355. The van der Waals surface area contributed by atoms with Crippen LogP contribution in [0.3, 0.4) is 0 Å². The van der Waals surface area contributed by atoms with E-state index in [4.69, 9.17) is 21.1 Å². The number of nitrogens with one attached hydrogen (secondary N) is 1. The van der Waals surface area contributed by atoms with Crippen LogP contribution in [0.15, 0.2) is 35.2 Å². The SMILES string of the molecule is COc1cc(Cl)c(C)cc1NS(=O)(=O)c1ccc(OC)c([N+](=O)[O-])c1.